The summed E-state index contributed by atoms with van der Waals surface area (Å²) < 4.78 is 11.3. The Morgan fingerprint density at radius 2 is 2.12 bits per heavy atom. The van der Waals surface area contributed by atoms with Gasteiger partial charge in [0.05, 0.1) is 24.7 Å². The number of hydrogen-bond donors (Lipinski definition) is 2. The normalized spacial score (nSPS) is 12.6. The number of anilines is 1. The van der Waals surface area contributed by atoms with Gasteiger partial charge in [-0.1, -0.05) is 0 Å². The SMILES string of the molecule is COc1ccc2oc(C(C)Nc3ncnc4[nH]ncc34)c(C)c2c1. The number of aryl methyl sites for hydroxylation is 1. The molecular weight excluding hydrogens is 306 g/mol. The standard InChI is InChI=1S/C17H17N5O2/c1-9-12-6-11(23-3)4-5-14(12)24-15(9)10(2)21-16-13-7-20-22-17(13)19-8-18-16/h4-8,10H,1-3H3,(H2,18,19,20,21,22). The van der Waals surface area contributed by atoms with Gasteiger partial charge in [-0.05, 0) is 32.0 Å². The molecule has 4 rings (SSSR count). The van der Waals surface area contributed by atoms with Crippen molar-refractivity contribution in [3.8, 4) is 5.75 Å². The van der Waals surface area contributed by atoms with Crippen LogP contribution in [0.2, 0.25) is 0 Å². The molecular formula is C17H17N5O2. The number of nitrogens with one attached hydrogen (secondary N) is 2. The van der Waals surface area contributed by atoms with Crippen molar-refractivity contribution in [3.05, 3.63) is 42.0 Å². The van der Waals surface area contributed by atoms with Crippen molar-refractivity contribution < 1.29 is 9.15 Å². The van der Waals surface area contributed by atoms with E-state index in [-0.39, 0.29) is 6.04 Å². The first-order valence-corrected chi connectivity index (χ1v) is 7.65. The summed E-state index contributed by atoms with van der Waals surface area (Å²) in [5, 5.41) is 12.1. The van der Waals surface area contributed by atoms with Gasteiger partial charge in [-0.2, -0.15) is 5.10 Å². The van der Waals surface area contributed by atoms with Crippen LogP contribution in [0.15, 0.2) is 35.1 Å². The number of aromatic nitrogens is 4. The Balaban J connectivity index is 1.71. The molecule has 0 saturated heterocycles. The topological polar surface area (TPSA) is 88.9 Å². The van der Waals surface area contributed by atoms with Crippen LogP contribution in [0.4, 0.5) is 5.82 Å². The molecule has 1 atom stereocenters. The summed E-state index contributed by atoms with van der Waals surface area (Å²) in [6.07, 6.45) is 3.21. The quantitative estimate of drug-likeness (QED) is 0.596. The fourth-order valence-corrected chi connectivity index (χ4v) is 2.91. The molecule has 0 aliphatic heterocycles. The first kappa shape index (κ1) is 14.5. The number of H-pyrrole nitrogens is 1. The maximum atomic E-state index is 6.04. The average molecular weight is 323 g/mol. The van der Waals surface area contributed by atoms with Crippen LogP contribution >= 0.6 is 0 Å². The largest absolute Gasteiger partial charge is 0.497 e. The van der Waals surface area contributed by atoms with Crippen LogP contribution in [0.1, 0.15) is 24.3 Å². The molecule has 122 valence electrons. The molecule has 0 fully saturated rings. The third-order valence-corrected chi connectivity index (χ3v) is 4.17. The van der Waals surface area contributed by atoms with Gasteiger partial charge in [0.2, 0.25) is 0 Å². The smallest absolute Gasteiger partial charge is 0.160 e. The highest BCUT2D eigenvalue weighted by Crippen LogP contribution is 2.33. The van der Waals surface area contributed by atoms with E-state index in [1.807, 2.05) is 32.0 Å². The second kappa shape index (κ2) is 5.52. The van der Waals surface area contributed by atoms with E-state index in [1.54, 1.807) is 13.3 Å². The first-order chi connectivity index (χ1) is 11.7. The average Bonchev–Trinajstić information content (AvgIpc) is 3.20. The number of fused-ring (bicyclic) bond motifs is 2. The van der Waals surface area contributed by atoms with Crippen LogP contribution in [-0.2, 0) is 0 Å². The zero-order valence-electron chi connectivity index (χ0n) is 13.6. The summed E-state index contributed by atoms with van der Waals surface area (Å²) in [6, 6.07) is 5.75. The van der Waals surface area contributed by atoms with Crippen LogP contribution < -0.4 is 10.1 Å². The van der Waals surface area contributed by atoms with E-state index in [0.717, 1.165) is 39.2 Å². The number of nitrogens with zero attached hydrogens (tertiary/aromatic N) is 3. The fraction of sp³-hybridized carbons (Fsp3) is 0.235. The van der Waals surface area contributed by atoms with Gasteiger partial charge in [0.15, 0.2) is 5.65 Å². The van der Waals surface area contributed by atoms with Gasteiger partial charge in [-0.15, -0.1) is 0 Å². The van der Waals surface area contributed by atoms with Crippen LogP contribution in [-0.4, -0.2) is 27.3 Å². The zero-order chi connectivity index (χ0) is 16.7. The van der Waals surface area contributed by atoms with Crippen LogP contribution in [0.3, 0.4) is 0 Å². The van der Waals surface area contributed by atoms with Gasteiger partial charge in [0.25, 0.3) is 0 Å². The molecule has 1 unspecified atom stereocenters. The second-order valence-electron chi connectivity index (χ2n) is 5.67. The number of benzene rings is 1. The number of methoxy groups -OCH3 is 1. The summed E-state index contributed by atoms with van der Waals surface area (Å²) in [5.41, 5.74) is 2.63. The van der Waals surface area contributed by atoms with E-state index in [0.29, 0.717) is 5.65 Å². The maximum Gasteiger partial charge on any atom is 0.160 e. The molecule has 3 aromatic heterocycles. The lowest BCUT2D eigenvalue weighted by atomic mass is 10.1. The van der Waals surface area contributed by atoms with Crippen molar-refractivity contribution >= 4 is 27.8 Å². The van der Waals surface area contributed by atoms with E-state index in [9.17, 15) is 0 Å². The molecule has 7 nitrogen and oxygen atoms in total. The molecule has 0 saturated carbocycles. The Kier molecular flexibility index (Phi) is 3.34. The van der Waals surface area contributed by atoms with Crippen molar-refractivity contribution in [2.45, 2.75) is 19.9 Å². The van der Waals surface area contributed by atoms with Crippen molar-refractivity contribution in [1.29, 1.82) is 0 Å². The molecule has 0 aliphatic carbocycles. The van der Waals surface area contributed by atoms with Gasteiger partial charge in [-0.3, -0.25) is 5.10 Å². The third-order valence-electron chi connectivity index (χ3n) is 4.17. The highest BCUT2D eigenvalue weighted by molar-refractivity contribution is 5.86. The molecule has 0 spiro atoms. The van der Waals surface area contributed by atoms with Crippen molar-refractivity contribution in [2.24, 2.45) is 0 Å². The number of hydrogen-bond acceptors (Lipinski definition) is 6. The van der Waals surface area contributed by atoms with Gasteiger partial charge in [0.1, 0.15) is 29.2 Å². The van der Waals surface area contributed by atoms with Gasteiger partial charge in [0, 0.05) is 10.9 Å². The van der Waals surface area contributed by atoms with Crippen molar-refractivity contribution in [2.75, 3.05) is 12.4 Å². The number of ether oxygens (including phenoxy) is 1. The molecule has 0 amide bonds. The summed E-state index contributed by atoms with van der Waals surface area (Å²) in [4.78, 5) is 8.46. The summed E-state index contributed by atoms with van der Waals surface area (Å²) >= 11 is 0. The fourth-order valence-electron chi connectivity index (χ4n) is 2.91. The highest BCUT2D eigenvalue weighted by Gasteiger charge is 2.18. The number of aromatic amines is 1. The Labute approximate surface area is 138 Å². The number of furan rings is 1. The van der Waals surface area contributed by atoms with Crippen molar-refractivity contribution in [1.82, 2.24) is 20.2 Å². The minimum absolute atomic E-state index is 0.0589. The van der Waals surface area contributed by atoms with Crippen molar-refractivity contribution in [3.63, 3.8) is 0 Å². The lowest BCUT2D eigenvalue weighted by molar-refractivity contribution is 0.415. The first-order valence-electron chi connectivity index (χ1n) is 7.65. The minimum atomic E-state index is -0.0589. The van der Waals surface area contributed by atoms with E-state index in [2.05, 4.69) is 25.5 Å². The van der Waals surface area contributed by atoms with Gasteiger partial charge >= 0.3 is 0 Å². The predicted octanol–water partition coefficient (Wildman–Crippen LogP) is 3.59. The molecule has 0 bridgehead atoms. The Hall–Kier alpha value is -3.09. The summed E-state index contributed by atoms with van der Waals surface area (Å²) in [5.74, 6) is 2.40. The zero-order valence-corrected chi connectivity index (χ0v) is 13.6. The molecule has 4 aromatic rings. The summed E-state index contributed by atoms with van der Waals surface area (Å²) in [6.45, 7) is 4.09. The Morgan fingerprint density at radius 3 is 2.96 bits per heavy atom. The maximum absolute atomic E-state index is 6.04. The molecule has 0 aliphatic rings. The van der Waals surface area contributed by atoms with E-state index < -0.39 is 0 Å². The molecule has 2 N–H and O–H groups in total. The molecule has 0 radical (unpaired) electrons. The minimum Gasteiger partial charge on any atom is -0.497 e. The lowest BCUT2D eigenvalue weighted by Crippen LogP contribution is -2.08. The monoisotopic (exact) mass is 323 g/mol. The molecule has 3 heterocycles. The Bertz CT molecular complexity index is 1020. The van der Waals surface area contributed by atoms with E-state index in [4.69, 9.17) is 9.15 Å². The summed E-state index contributed by atoms with van der Waals surface area (Å²) in [7, 11) is 1.66. The van der Waals surface area contributed by atoms with E-state index in [1.165, 1.54) is 6.33 Å². The lowest BCUT2D eigenvalue weighted by Gasteiger charge is -2.13. The number of rotatable bonds is 4. The second-order valence-corrected chi connectivity index (χ2v) is 5.67. The van der Waals surface area contributed by atoms with E-state index >= 15 is 0 Å². The Morgan fingerprint density at radius 1 is 1.25 bits per heavy atom. The third kappa shape index (κ3) is 2.25. The molecule has 24 heavy (non-hydrogen) atoms. The van der Waals surface area contributed by atoms with Crippen LogP contribution in [0.25, 0.3) is 22.0 Å². The van der Waals surface area contributed by atoms with Crippen LogP contribution in [0, 0.1) is 6.92 Å². The van der Waals surface area contributed by atoms with Gasteiger partial charge in [-0.25, -0.2) is 9.97 Å². The van der Waals surface area contributed by atoms with Crippen LogP contribution in [0.5, 0.6) is 5.75 Å². The highest BCUT2D eigenvalue weighted by atomic mass is 16.5. The molecule has 7 heteroatoms. The predicted molar refractivity (Wildman–Crippen MR) is 91.2 cm³/mol. The van der Waals surface area contributed by atoms with Gasteiger partial charge < -0.3 is 14.5 Å². The molecule has 1 aromatic carbocycles.